The summed E-state index contributed by atoms with van der Waals surface area (Å²) in [6.45, 7) is 4.28. The Kier molecular flexibility index (Phi) is 6.93. The van der Waals surface area contributed by atoms with E-state index >= 15 is 0 Å². The van der Waals surface area contributed by atoms with E-state index in [0.29, 0.717) is 12.2 Å². The monoisotopic (exact) mass is 314 g/mol. The minimum absolute atomic E-state index is 0. The van der Waals surface area contributed by atoms with Crippen molar-refractivity contribution in [3.05, 3.63) is 30.9 Å². The topological polar surface area (TPSA) is 62.1 Å². The predicted molar refractivity (Wildman–Crippen MR) is 59.3 cm³/mol. The van der Waals surface area contributed by atoms with E-state index in [1.807, 2.05) is 6.07 Å². The van der Waals surface area contributed by atoms with Gasteiger partial charge in [0.2, 0.25) is 12.0 Å². The molecule has 0 aromatic carbocycles. The van der Waals surface area contributed by atoms with Crippen LogP contribution < -0.4 is 21.5 Å². The Bertz CT molecular complexity index is 464. The fourth-order valence-electron chi connectivity index (χ4n) is 1.32. The maximum Gasteiger partial charge on any atom is 0.288 e. The highest BCUT2D eigenvalue weighted by Crippen LogP contribution is 1.98. The van der Waals surface area contributed by atoms with Gasteiger partial charge in [-0.25, -0.2) is 14.2 Å². The SMILES string of the molecule is C=CC[n+]1cc(C#N)n(CC(=O)N(C)OC)c1.[Br-]. The minimum atomic E-state index is -0.231. The van der Waals surface area contributed by atoms with Crippen LogP contribution in [0.4, 0.5) is 0 Å². The summed E-state index contributed by atoms with van der Waals surface area (Å²) in [6.07, 6.45) is 5.08. The van der Waals surface area contributed by atoms with Gasteiger partial charge in [0.05, 0.1) is 7.11 Å². The van der Waals surface area contributed by atoms with Crippen LogP contribution in [-0.2, 0) is 22.7 Å². The Balaban J connectivity index is 0.00000289. The molecule has 98 valence electrons. The summed E-state index contributed by atoms with van der Waals surface area (Å²) in [5, 5.41) is 10.1. The van der Waals surface area contributed by atoms with Gasteiger partial charge in [0.1, 0.15) is 18.8 Å². The van der Waals surface area contributed by atoms with Gasteiger partial charge in [0.15, 0.2) is 6.54 Å². The van der Waals surface area contributed by atoms with Crippen LogP contribution in [0.1, 0.15) is 5.69 Å². The van der Waals surface area contributed by atoms with E-state index in [-0.39, 0.29) is 29.4 Å². The van der Waals surface area contributed by atoms with Crippen molar-refractivity contribution < 1.29 is 31.2 Å². The van der Waals surface area contributed by atoms with Crippen LogP contribution in [0.3, 0.4) is 0 Å². The molecule has 1 rings (SSSR count). The van der Waals surface area contributed by atoms with E-state index in [4.69, 9.17) is 10.1 Å². The number of likely N-dealkylation sites (N-methyl/N-ethyl adjacent to an activating group) is 1. The summed E-state index contributed by atoms with van der Waals surface area (Å²) < 4.78 is 3.35. The number of hydrogen-bond acceptors (Lipinski definition) is 3. The molecule has 0 aliphatic rings. The zero-order chi connectivity index (χ0) is 12.8. The Morgan fingerprint density at radius 3 is 2.94 bits per heavy atom. The number of carbonyl (C=O) groups excluding carboxylic acids is 1. The van der Waals surface area contributed by atoms with Gasteiger partial charge in [0.25, 0.3) is 5.91 Å². The summed E-state index contributed by atoms with van der Waals surface area (Å²) in [4.78, 5) is 16.4. The van der Waals surface area contributed by atoms with Crippen molar-refractivity contribution in [2.75, 3.05) is 14.2 Å². The first-order valence-electron chi connectivity index (χ1n) is 5.03. The Hall–Kier alpha value is -1.65. The lowest BCUT2D eigenvalue weighted by molar-refractivity contribution is -0.686. The zero-order valence-corrected chi connectivity index (χ0v) is 11.9. The van der Waals surface area contributed by atoms with Gasteiger partial charge in [-0.3, -0.25) is 9.63 Å². The van der Waals surface area contributed by atoms with Crippen LogP contribution in [-0.4, -0.2) is 29.7 Å². The molecule has 1 aromatic rings. The highest BCUT2D eigenvalue weighted by atomic mass is 79.9. The molecule has 0 bridgehead atoms. The van der Waals surface area contributed by atoms with E-state index in [0.717, 1.165) is 5.06 Å². The molecule has 1 aromatic heterocycles. The van der Waals surface area contributed by atoms with Crippen molar-refractivity contribution in [3.63, 3.8) is 0 Å². The van der Waals surface area contributed by atoms with Crippen molar-refractivity contribution in [2.45, 2.75) is 13.1 Å². The second-order valence-corrected chi connectivity index (χ2v) is 3.43. The fourth-order valence-corrected chi connectivity index (χ4v) is 1.32. The first kappa shape index (κ1) is 16.4. The number of hydrogen-bond donors (Lipinski definition) is 0. The van der Waals surface area contributed by atoms with Gasteiger partial charge < -0.3 is 17.0 Å². The molecular formula is C11H15BrN4O2. The fraction of sp³-hybridized carbons (Fsp3) is 0.364. The standard InChI is InChI=1S/C11H15N4O2.BrH/c1-4-5-14-7-10(6-12)15(9-14)8-11(16)13(2)17-3;/h4,7,9H,1,5,8H2,2-3H3;1H/q+1;/p-1. The molecule has 0 aliphatic heterocycles. The molecule has 0 spiro atoms. The molecule has 0 unspecified atom stereocenters. The van der Waals surface area contributed by atoms with Crippen LogP contribution in [0.2, 0.25) is 0 Å². The van der Waals surface area contributed by atoms with E-state index in [9.17, 15) is 4.79 Å². The van der Waals surface area contributed by atoms with Crippen LogP contribution in [0.5, 0.6) is 0 Å². The first-order chi connectivity index (χ1) is 8.12. The van der Waals surface area contributed by atoms with Gasteiger partial charge in [-0.15, -0.1) is 0 Å². The Morgan fingerprint density at radius 1 is 1.78 bits per heavy atom. The summed E-state index contributed by atoms with van der Waals surface area (Å²) >= 11 is 0. The molecule has 0 aliphatic carbocycles. The van der Waals surface area contributed by atoms with Gasteiger partial charge >= 0.3 is 0 Å². The van der Waals surface area contributed by atoms with Gasteiger partial charge in [-0.1, -0.05) is 12.7 Å². The Labute approximate surface area is 116 Å². The number of nitriles is 1. The molecule has 1 heterocycles. The molecular weight excluding hydrogens is 300 g/mol. The number of halogens is 1. The van der Waals surface area contributed by atoms with Crippen molar-refractivity contribution in [2.24, 2.45) is 0 Å². The summed E-state index contributed by atoms with van der Waals surface area (Å²) in [6, 6.07) is 2.03. The zero-order valence-electron chi connectivity index (χ0n) is 10.3. The van der Waals surface area contributed by atoms with E-state index in [1.165, 1.54) is 14.2 Å². The normalized spacial score (nSPS) is 9.17. The van der Waals surface area contributed by atoms with Crippen molar-refractivity contribution >= 4 is 5.91 Å². The molecule has 0 N–H and O–H groups in total. The summed E-state index contributed by atoms with van der Waals surface area (Å²) in [5.74, 6) is -0.231. The van der Waals surface area contributed by atoms with E-state index in [1.54, 1.807) is 27.7 Å². The molecule has 7 heteroatoms. The number of aromatic nitrogens is 2. The molecule has 0 saturated carbocycles. The van der Waals surface area contributed by atoms with Crippen LogP contribution in [0, 0.1) is 11.3 Å². The lowest BCUT2D eigenvalue weighted by Crippen LogP contribution is -3.00. The van der Waals surface area contributed by atoms with Crippen molar-refractivity contribution in [1.82, 2.24) is 9.63 Å². The second kappa shape index (κ2) is 7.63. The smallest absolute Gasteiger partial charge is 0.288 e. The number of hydroxylamine groups is 2. The average Bonchev–Trinajstić information content (AvgIpc) is 2.70. The largest absolute Gasteiger partial charge is 1.00 e. The van der Waals surface area contributed by atoms with Gasteiger partial charge in [0, 0.05) is 7.05 Å². The molecule has 0 radical (unpaired) electrons. The van der Waals surface area contributed by atoms with Gasteiger partial charge in [-0.05, 0) is 0 Å². The summed E-state index contributed by atoms with van der Waals surface area (Å²) in [5.41, 5.74) is 0.421. The quantitative estimate of drug-likeness (QED) is 0.328. The maximum absolute atomic E-state index is 11.6. The average molecular weight is 315 g/mol. The maximum atomic E-state index is 11.6. The van der Waals surface area contributed by atoms with Crippen molar-refractivity contribution in [3.8, 4) is 6.07 Å². The second-order valence-electron chi connectivity index (χ2n) is 3.43. The summed E-state index contributed by atoms with van der Waals surface area (Å²) in [7, 11) is 2.94. The minimum Gasteiger partial charge on any atom is -1.00 e. The number of imidazole rings is 1. The molecule has 1 amide bonds. The third kappa shape index (κ3) is 3.98. The van der Waals surface area contributed by atoms with Crippen LogP contribution in [0.25, 0.3) is 0 Å². The highest BCUT2D eigenvalue weighted by molar-refractivity contribution is 5.74. The number of carbonyl (C=O) groups is 1. The molecule has 0 fully saturated rings. The van der Waals surface area contributed by atoms with E-state index in [2.05, 4.69) is 6.58 Å². The molecule has 0 saturated heterocycles. The molecule has 18 heavy (non-hydrogen) atoms. The number of amides is 1. The van der Waals surface area contributed by atoms with Crippen LogP contribution in [0.15, 0.2) is 25.2 Å². The highest BCUT2D eigenvalue weighted by Gasteiger charge is 2.18. The first-order valence-corrected chi connectivity index (χ1v) is 5.03. The lowest BCUT2D eigenvalue weighted by Gasteiger charge is -2.11. The predicted octanol–water partition coefficient (Wildman–Crippen LogP) is -3.14. The van der Waals surface area contributed by atoms with E-state index < -0.39 is 0 Å². The number of allylic oxidation sites excluding steroid dienone is 1. The molecule has 6 nitrogen and oxygen atoms in total. The third-order valence-corrected chi connectivity index (χ3v) is 2.27. The number of nitrogens with zero attached hydrogens (tertiary/aromatic N) is 4. The van der Waals surface area contributed by atoms with Crippen LogP contribution >= 0.6 is 0 Å². The van der Waals surface area contributed by atoms with Crippen molar-refractivity contribution in [1.29, 1.82) is 5.26 Å². The number of rotatable bonds is 5. The third-order valence-electron chi connectivity index (χ3n) is 2.27. The van der Waals surface area contributed by atoms with Gasteiger partial charge in [-0.2, -0.15) is 5.26 Å². The lowest BCUT2D eigenvalue weighted by atomic mass is 10.5. The molecule has 0 atom stereocenters. The Morgan fingerprint density at radius 2 is 2.44 bits per heavy atom.